The summed E-state index contributed by atoms with van der Waals surface area (Å²) in [5.41, 5.74) is 4.26. The molecule has 3 amide bonds. The Morgan fingerprint density at radius 1 is 1.12 bits per heavy atom. The summed E-state index contributed by atoms with van der Waals surface area (Å²) in [5.74, 6) is -0.0779. The second-order valence-corrected chi connectivity index (χ2v) is 12.6. The number of likely N-dealkylation sites (tertiary alicyclic amines) is 1. The molecule has 1 aromatic carbocycles. The van der Waals surface area contributed by atoms with Crippen molar-refractivity contribution in [3.8, 4) is 0 Å². The number of carbonyl (C=O) groups is 2. The van der Waals surface area contributed by atoms with E-state index in [0.29, 0.717) is 13.0 Å². The van der Waals surface area contributed by atoms with Crippen LogP contribution < -0.4 is 10.0 Å². The average molecular weight is 490 g/mol. The first-order chi connectivity index (χ1) is 15.8. The molecule has 3 aliphatic rings. The van der Waals surface area contributed by atoms with Gasteiger partial charge in [-0.05, 0) is 91.5 Å². The number of fused-ring (bicyclic) bond motifs is 2. The third-order valence-corrected chi connectivity index (χ3v) is 8.70. The predicted molar refractivity (Wildman–Crippen MR) is 131 cm³/mol. The number of nitrogens with zero attached hydrogens (tertiary/aromatic N) is 1. The van der Waals surface area contributed by atoms with Crippen LogP contribution in [0, 0.1) is 11.3 Å². The van der Waals surface area contributed by atoms with Gasteiger partial charge in [0.05, 0.1) is 5.54 Å². The van der Waals surface area contributed by atoms with Gasteiger partial charge in [-0.3, -0.25) is 4.90 Å². The Kier molecular flexibility index (Phi) is 6.21. The number of anilines is 1. The molecule has 1 aliphatic heterocycles. The maximum absolute atomic E-state index is 12.8. The lowest BCUT2D eigenvalue weighted by molar-refractivity contribution is 0.0893. The van der Waals surface area contributed by atoms with Gasteiger partial charge in [0.15, 0.2) is 0 Å². The number of rotatable bonds is 4. The zero-order valence-electron chi connectivity index (χ0n) is 20.4. The van der Waals surface area contributed by atoms with Crippen LogP contribution in [0.15, 0.2) is 17.6 Å². The van der Waals surface area contributed by atoms with Gasteiger partial charge in [0, 0.05) is 17.6 Å². The van der Waals surface area contributed by atoms with E-state index in [1.165, 1.54) is 22.1 Å². The Morgan fingerprint density at radius 3 is 2.24 bits per heavy atom. The Morgan fingerprint density at radius 2 is 1.71 bits per heavy atom. The second kappa shape index (κ2) is 8.59. The molecular weight excluding hydrogens is 454 g/mol. The lowest BCUT2D eigenvalue weighted by Crippen LogP contribution is -2.49. The molecule has 1 heterocycles. The Labute approximate surface area is 201 Å². The van der Waals surface area contributed by atoms with Gasteiger partial charge < -0.3 is 10.4 Å². The number of aryl methyl sites for hydroxylation is 2. The van der Waals surface area contributed by atoms with Crippen LogP contribution in [-0.4, -0.2) is 42.6 Å². The molecule has 0 bridgehead atoms. The van der Waals surface area contributed by atoms with Gasteiger partial charge in [0.1, 0.15) is 0 Å². The predicted octanol–water partition coefficient (Wildman–Crippen LogP) is 4.43. The Hall–Kier alpha value is -2.55. The van der Waals surface area contributed by atoms with Gasteiger partial charge in [0.2, 0.25) is 0 Å². The highest BCUT2D eigenvalue weighted by molar-refractivity contribution is 7.92. The Balaban J connectivity index is 1.54. The van der Waals surface area contributed by atoms with E-state index in [9.17, 15) is 23.1 Å². The third kappa shape index (κ3) is 4.54. The highest BCUT2D eigenvalue weighted by Gasteiger charge is 2.50. The van der Waals surface area contributed by atoms with Crippen LogP contribution in [0.1, 0.15) is 69.2 Å². The molecule has 3 N–H and O–H groups in total. The van der Waals surface area contributed by atoms with Gasteiger partial charge in [-0.1, -0.05) is 26.8 Å². The minimum atomic E-state index is -4.13. The molecule has 2 unspecified atom stereocenters. The van der Waals surface area contributed by atoms with Crippen molar-refractivity contribution in [3.05, 3.63) is 39.8 Å². The van der Waals surface area contributed by atoms with Crippen molar-refractivity contribution in [2.75, 3.05) is 11.9 Å². The molecule has 34 heavy (non-hydrogen) atoms. The topological polar surface area (TPSA) is 116 Å². The summed E-state index contributed by atoms with van der Waals surface area (Å²) < 4.78 is 27.7. The molecule has 8 nitrogen and oxygen atoms in total. The summed E-state index contributed by atoms with van der Waals surface area (Å²) in [5, 5.41) is 13.5. The van der Waals surface area contributed by atoms with Crippen molar-refractivity contribution < 1.29 is 23.1 Å². The maximum Gasteiger partial charge on any atom is 0.408 e. The maximum atomic E-state index is 12.8. The van der Waals surface area contributed by atoms with Crippen molar-refractivity contribution in [3.63, 3.8) is 0 Å². The van der Waals surface area contributed by atoms with Crippen LogP contribution in [0.2, 0.25) is 0 Å². The first kappa shape index (κ1) is 24.6. The molecule has 4 rings (SSSR count). The number of benzene rings is 1. The number of sulfonamides is 1. The fourth-order valence-electron chi connectivity index (χ4n) is 6.29. The van der Waals surface area contributed by atoms with Crippen molar-refractivity contribution in [2.45, 2.75) is 78.2 Å². The summed E-state index contributed by atoms with van der Waals surface area (Å²) >= 11 is 0. The van der Waals surface area contributed by atoms with Gasteiger partial charge in [-0.25, -0.2) is 22.7 Å². The second-order valence-electron chi connectivity index (χ2n) is 11.0. The largest absolute Gasteiger partial charge is 0.465 e. The van der Waals surface area contributed by atoms with E-state index in [-0.39, 0.29) is 11.3 Å². The molecule has 2 aliphatic carbocycles. The quantitative estimate of drug-likeness (QED) is 0.578. The highest BCUT2D eigenvalue weighted by Crippen LogP contribution is 2.46. The smallest absolute Gasteiger partial charge is 0.408 e. The summed E-state index contributed by atoms with van der Waals surface area (Å²) in [7, 11) is -4.13. The molecule has 2 atom stereocenters. The third-order valence-electron chi connectivity index (χ3n) is 7.74. The minimum Gasteiger partial charge on any atom is -0.465 e. The average Bonchev–Trinajstić information content (AvgIpc) is 3.43. The van der Waals surface area contributed by atoms with Crippen LogP contribution in [-0.2, 0) is 35.7 Å². The van der Waals surface area contributed by atoms with Crippen molar-refractivity contribution in [2.24, 2.45) is 11.3 Å². The van der Waals surface area contributed by atoms with Crippen LogP contribution in [0.4, 0.5) is 15.3 Å². The van der Waals surface area contributed by atoms with E-state index >= 15 is 0 Å². The van der Waals surface area contributed by atoms with Gasteiger partial charge >= 0.3 is 12.1 Å². The number of amides is 3. The van der Waals surface area contributed by atoms with Gasteiger partial charge in [-0.2, -0.15) is 0 Å². The number of hydrogen-bond donors (Lipinski definition) is 3. The van der Waals surface area contributed by atoms with E-state index in [1.54, 1.807) is 6.92 Å². The number of urea groups is 1. The summed E-state index contributed by atoms with van der Waals surface area (Å²) in [6.07, 6.45) is 6.74. The lowest BCUT2D eigenvalue weighted by atomic mass is 9.70. The molecule has 1 saturated heterocycles. The monoisotopic (exact) mass is 489 g/mol. The fourth-order valence-corrected chi connectivity index (χ4v) is 7.13. The van der Waals surface area contributed by atoms with Crippen molar-refractivity contribution in [1.82, 2.24) is 9.62 Å². The first-order valence-electron chi connectivity index (χ1n) is 12.0. The van der Waals surface area contributed by atoms with Crippen molar-refractivity contribution >= 4 is 27.8 Å². The van der Waals surface area contributed by atoms with Crippen LogP contribution in [0.25, 0.3) is 0 Å². The van der Waals surface area contributed by atoms with Crippen LogP contribution >= 0.6 is 0 Å². The normalized spacial score (nSPS) is 24.4. The number of carboxylic acid groups (broad SMARTS) is 1. The minimum absolute atomic E-state index is 0.0779. The Bertz CT molecular complexity index is 1120. The number of nitrogens with one attached hydrogen (secondary N) is 2. The molecule has 0 saturated carbocycles. The van der Waals surface area contributed by atoms with E-state index in [4.69, 9.17) is 0 Å². The fraction of sp³-hybridized carbons (Fsp3) is 0.600. The van der Waals surface area contributed by atoms with Crippen molar-refractivity contribution in [1.29, 1.82) is 0 Å². The van der Waals surface area contributed by atoms with Gasteiger partial charge in [-0.15, -0.1) is 0 Å². The summed E-state index contributed by atoms with van der Waals surface area (Å²) in [6, 6.07) is 1.45. The summed E-state index contributed by atoms with van der Waals surface area (Å²) in [6.45, 7) is 8.13. The zero-order chi connectivity index (χ0) is 24.9. The van der Waals surface area contributed by atoms with E-state index in [0.717, 1.165) is 60.7 Å². The van der Waals surface area contributed by atoms with Crippen LogP contribution in [0.5, 0.6) is 0 Å². The number of carbonyl (C=O) groups excluding carboxylic acids is 1. The van der Waals surface area contributed by atoms with Crippen LogP contribution in [0.3, 0.4) is 0 Å². The van der Waals surface area contributed by atoms with Gasteiger partial charge in [0.25, 0.3) is 10.0 Å². The molecule has 9 heteroatoms. The van der Waals surface area contributed by atoms with E-state index < -0.39 is 27.7 Å². The van der Waals surface area contributed by atoms with E-state index in [2.05, 4.69) is 16.1 Å². The molecule has 1 fully saturated rings. The highest BCUT2D eigenvalue weighted by atomic mass is 32.2. The SMILES string of the molecule is CC(C)(C)C1CCN(C(=O)O)C1(C)C=CS(=O)(=O)NC(=O)Nc1c2c(cc3c1CCC3)CCC2. The molecule has 0 spiro atoms. The molecule has 0 radical (unpaired) electrons. The number of hydrogen-bond acceptors (Lipinski definition) is 4. The molecule has 186 valence electrons. The molecule has 1 aromatic rings. The lowest BCUT2D eigenvalue weighted by Gasteiger charge is -2.41. The molecular formula is C25H35N3O5S. The standard InChI is InChI=1S/C25H35N3O5S/c1-24(2,3)20-11-13-28(23(30)31)25(20,4)12-14-34(32,33)27-22(29)26-21-18-9-5-7-16(18)15-17-8-6-10-19(17)21/h12,14-15,20H,5-11,13H2,1-4H3,(H,30,31)(H2,26,27,29). The van der Waals surface area contributed by atoms with E-state index in [1.807, 2.05) is 20.8 Å². The summed E-state index contributed by atoms with van der Waals surface area (Å²) in [4.78, 5) is 25.9. The zero-order valence-corrected chi connectivity index (χ0v) is 21.2. The molecule has 0 aromatic heterocycles. The first-order valence-corrected chi connectivity index (χ1v) is 13.6.